The first kappa shape index (κ1) is 25.2. The lowest BCUT2D eigenvalue weighted by Gasteiger charge is -2.40. The molecular formula is C29H28F3N5O2. The van der Waals surface area contributed by atoms with Gasteiger partial charge in [-0.3, -0.25) is 9.69 Å². The van der Waals surface area contributed by atoms with Crippen molar-refractivity contribution in [2.75, 3.05) is 30.3 Å². The largest absolute Gasteiger partial charge is 0.486 e. The molecule has 0 amide bonds. The number of aromatic nitrogens is 2. The second kappa shape index (κ2) is 10.3. The Morgan fingerprint density at radius 1 is 1.05 bits per heavy atom. The van der Waals surface area contributed by atoms with Crippen LogP contribution in [0.3, 0.4) is 0 Å². The van der Waals surface area contributed by atoms with Crippen LogP contribution in [0.25, 0.3) is 10.9 Å². The van der Waals surface area contributed by atoms with E-state index in [1.807, 2.05) is 6.07 Å². The second-order valence-corrected chi connectivity index (χ2v) is 10.1. The molecule has 1 saturated heterocycles. The summed E-state index contributed by atoms with van der Waals surface area (Å²) in [4.78, 5) is 22.1. The van der Waals surface area contributed by atoms with Crippen molar-refractivity contribution in [3.05, 3.63) is 93.7 Å². The van der Waals surface area contributed by atoms with Crippen LogP contribution in [0.4, 0.5) is 24.7 Å². The molecule has 7 nitrogen and oxygen atoms in total. The van der Waals surface area contributed by atoms with E-state index in [9.17, 15) is 18.0 Å². The van der Waals surface area contributed by atoms with Crippen molar-refractivity contribution >= 4 is 22.4 Å². The third-order valence-corrected chi connectivity index (χ3v) is 7.62. The van der Waals surface area contributed by atoms with E-state index in [1.165, 1.54) is 6.07 Å². The highest BCUT2D eigenvalue weighted by Gasteiger charge is 2.29. The van der Waals surface area contributed by atoms with Crippen LogP contribution >= 0.6 is 0 Å². The van der Waals surface area contributed by atoms with Crippen LogP contribution in [-0.4, -0.2) is 40.2 Å². The van der Waals surface area contributed by atoms with Gasteiger partial charge in [-0.25, -0.2) is 13.8 Å². The second-order valence-electron chi connectivity index (χ2n) is 10.1. The van der Waals surface area contributed by atoms with E-state index in [1.54, 1.807) is 41.2 Å². The summed E-state index contributed by atoms with van der Waals surface area (Å²) in [5.41, 5.74) is 7.54. The van der Waals surface area contributed by atoms with E-state index in [2.05, 4.69) is 14.8 Å². The predicted octanol–water partition coefficient (Wildman–Crippen LogP) is 4.46. The standard InChI is InChI=1S/C29H28F3N5O2/c30-23-6-2-1-4-18(23)14-37(21-5-3-9-35(17-21)20-7-8-25(33)34-13-20)16-19-15-36-10-11-39-29-26(32)24(31)12-22(27(29)36)28(19)38/h1-2,4,6-8,12-13,15,21H,3,5,9-11,14,16-17H2,(H2,33,34). The van der Waals surface area contributed by atoms with Crippen LogP contribution in [-0.2, 0) is 19.6 Å². The van der Waals surface area contributed by atoms with E-state index >= 15 is 0 Å². The molecule has 1 atom stereocenters. The van der Waals surface area contributed by atoms with Gasteiger partial charge in [-0.1, -0.05) is 18.2 Å². The number of benzene rings is 2. The SMILES string of the molecule is Nc1ccc(N2CCCC(N(Cc3ccccc3F)Cc3cn4c5c(c(F)c(F)cc5c3=O)OCC4)C2)cn1. The van der Waals surface area contributed by atoms with Gasteiger partial charge in [0, 0.05) is 49.5 Å². The number of nitrogen functional groups attached to an aromatic ring is 1. The molecule has 2 aromatic heterocycles. The molecule has 0 bridgehead atoms. The molecule has 2 aliphatic heterocycles. The first-order chi connectivity index (χ1) is 18.9. The fraction of sp³-hybridized carbons (Fsp3) is 0.310. The summed E-state index contributed by atoms with van der Waals surface area (Å²) >= 11 is 0. The fourth-order valence-corrected chi connectivity index (χ4v) is 5.65. The minimum Gasteiger partial charge on any atom is -0.486 e. The summed E-state index contributed by atoms with van der Waals surface area (Å²) in [6, 6.07) is 11.2. The number of hydrogen-bond acceptors (Lipinski definition) is 6. The Morgan fingerprint density at radius 3 is 2.67 bits per heavy atom. The number of pyridine rings is 2. The predicted molar refractivity (Wildman–Crippen MR) is 143 cm³/mol. The van der Waals surface area contributed by atoms with Gasteiger partial charge in [0.2, 0.25) is 5.82 Å². The maximum Gasteiger partial charge on any atom is 0.202 e. The molecule has 2 aliphatic rings. The molecule has 202 valence electrons. The van der Waals surface area contributed by atoms with Crippen molar-refractivity contribution in [2.24, 2.45) is 0 Å². The summed E-state index contributed by atoms with van der Waals surface area (Å²) in [5, 5.41) is 0.0742. The number of ether oxygens (including phenoxy) is 1. The van der Waals surface area contributed by atoms with Crippen LogP contribution in [0.1, 0.15) is 24.0 Å². The zero-order valence-corrected chi connectivity index (χ0v) is 21.2. The van der Waals surface area contributed by atoms with Crippen molar-refractivity contribution in [3.8, 4) is 5.75 Å². The molecule has 1 unspecified atom stereocenters. The smallest absolute Gasteiger partial charge is 0.202 e. The monoisotopic (exact) mass is 535 g/mol. The number of anilines is 2. The molecule has 2 N–H and O–H groups in total. The Kier molecular flexibility index (Phi) is 6.64. The number of nitrogens with zero attached hydrogens (tertiary/aromatic N) is 4. The van der Waals surface area contributed by atoms with Gasteiger partial charge < -0.3 is 19.9 Å². The molecule has 6 rings (SSSR count). The number of rotatable bonds is 6. The van der Waals surface area contributed by atoms with Crippen LogP contribution in [0.2, 0.25) is 0 Å². The lowest BCUT2D eigenvalue weighted by Crippen LogP contribution is -2.48. The lowest BCUT2D eigenvalue weighted by molar-refractivity contribution is 0.156. The first-order valence-electron chi connectivity index (χ1n) is 13.0. The molecule has 0 radical (unpaired) electrons. The van der Waals surface area contributed by atoms with E-state index in [4.69, 9.17) is 10.5 Å². The van der Waals surface area contributed by atoms with Crippen molar-refractivity contribution in [1.82, 2.24) is 14.5 Å². The fourth-order valence-electron chi connectivity index (χ4n) is 5.65. The summed E-state index contributed by atoms with van der Waals surface area (Å²) in [5.74, 6) is -2.32. The highest BCUT2D eigenvalue weighted by Crippen LogP contribution is 2.33. The van der Waals surface area contributed by atoms with Gasteiger partial charge in [0.1, 0.15) is 18.2 Å². The van der Waals surface area contributed by atoms with Crippen LogP contribution < -0.4 is 20.8 Å². The van der Waals surface area contributed by atoms with E-state index in [0.717, 1.165) is 31.1 Å². The molecular weight excluding hydrogens is 507 g/mol. The van der Waals surface area contributed by atoms with E-state index < -0.39 is 11.6 Å². The minimum atomic E-state index is -1.12. The third-order valence-electron chi connectivity index (χ3n) is 7.62. The third kappa shape index (κ3) is 4.80. The Hall–Kier alpha value is -4.05. The topological polar surface area (TPSA) is 76.6 Å². The summed E-state index contributed by atoms with van der Waals surface area (Å²) < 4.78 is 50.7. The molecule has 4 heterocycles. The number of halogens is 3. The molecule has 4 aromatic rings. The quantitative estimate of drug-likeness (QED) is 0.393. The maximum atomic E-state index is 14.8. The van der Waals surface area contributed by atoms with Gasteiger partial charge in [-0.15, -0.1) is 0 Å². The van der Waals surface area contributed by atoms with Gasteiger partial charge in [-0.05, 0) is 37.1 Å². The number of hydrogen-bond donors (Lipinski definition) is 1. The zero-order valence-electron chi connectivity index (χ0n) is 21.2. The minimum absolute atomic E-state index is 0.00351. The van der Waals surface area contributed by atoms with Gasteiger partial charge in [0.15, 0.2) is 17.0 Å². The average Bonchev–Trinajstić information content (AvgIpc) is 2.95. The van der Waals surface area contributed by atoms with Crippen LogP contribution in [0.15, 0.2) is 59.7 Å². The molecule has 39 heavy (non-hydrogen) atoms. The highest BCUT2D eigenvalue weighted by atomic mass is 19.2. The highest BCUT2D eigenvalue weighted by molar-refractivity contribution is 5.86. The van der Waals surface area contributed by atoms with Crippen LogP contribution in [0, 0.1) is 17.5 Å². The summed E-state index contributed by atoms with van der Waals surface area (Å²) in [6.45, 7) is 2.56. The Morgan fingerprint density at radius 2 is 1.87 bits per heavy atom. The average molecular weight is 536 g/mol. The molecule has 1 fully saturated rings. The lowest BCUT2D eigenvalue weighted by atomic mass is 10.0. The van der Waals surface area contributed by atoms with Crippen molar-refractivity contribution < 1.29 is 17.9 Å². The van der Waals surface area contributed by atoms with E-state index in [0.29, 0.717) is 30.0 Å². The number of piperidine rings is 1. The molecule has 0 aliphatic carbocycles. The Labute approximate surface area is 223 Å². The zero-order chi connectivity index (χ0) is 27.1. The molecule has 0 saturated carbocycles. The maximum absolute atomic E-state index is 14.8. The van der Waals surface area contributed by atoms with Crippen molar-refractivity contribution in [2.45, 2.75) is 38.5 Å². The summed E-state index contributed by atoms with van der Waals surface area (Å²) in [7, 11) is 0. The molecule has 0 spiro atoms. The molecule has 2 aromatic carbocycles. The van der Waals surface area contributed by atoms with E-state index in [-0.39, 0.29) is 53.6 Å². The Balaban J connectivity index is 1.38. The Bertz CT molecular complexity index is 1590. The number of nitrogens with two attached hydrogens (primary N) is 1. The van der Waals surface area contributed by atoms with Crippen molar-refractivity contribution in [1.29, 1.82) is 0 Å². The van der Waals surface area contributed by atoms with Gasteiger partial charge in [0.25, 0.3) is 0 Å². The first-order valence-corrected chi connectivity index (χ1v) is 13.0. The summed E-state index contributed by atoms with van der Waals surface area (Å²) in [6.07, 6.45) is 5.20. The van der Waals surface area contributed by atoms with Crippen LogP contribution in [0.5, 0.6) is 5.75 Å². The van der Waals surface area contributed by atoms with Gasteiger partial charge in [0.05, 0.1) is 29.3 Å². The van der Waals surface area contributed by atoms with Gasteiger partial charge in [-0.2, -0.15) is 4.39 Å². The normalized spacial score (nSPS) is 17.0. The molecule has 10 heteroatoms. The van der Waals surface area contributed by atoms with Crippen molar-refractivity contribution in [3.63, 3.8) is 0 Å². The van der Waals surface area contributed by atoms with Gasteiger partial charge >= 0.3 is 0 Å².